The SMILES string of the molecule is CCC(C)C1(O)CCCCC1(C)C. The van der Waals surface area contributed by atoms with Crippen LogP contribution in [0.3, 0.4) is 0 Å². The molecule has 0 aromatic rings. The van der Waals surface area contributed by atoms with Gasteiger partial charge in [0.05, 0.1) is 5.60 Å². The summed E-state index contributed by atoms with van der Waals surface area (Å²) in [6, 6.07) is 0. The van der Waals surface area contributed by atoms with Crippen molar-refractivity contribution in [2.45, 2.75) is 65.4 Å². The lowest BCUT2D eigenvalue weighted by Crippen LogP contribution is -2.51. The molecule has 0 spiro atoms. The van der Waals surface area contributed by atoms with Gasteiger partial charge in [-0.1, -0.05) is 47.0 Å². The second-order valence-electron chi connectivity index (χ2n) is 5.32. The van der Waals surface area contributed by atoms with E-state index in [1.165, 1.54) is 19.3 Å². The maximum absolute atomic E-state index is 10.7. The Bertz CT molecular complexity index is 174. The minimum atomic E-state index is -0.417. The third kappa shape index (κ3) is 1.76. The van der Waals surface area contributed by atoms with Crippen molar-refractivity contribution >= 4 is 0 Å². The topological polar surface area (TPSA) is 20.2 Å². The average molecular weight is 184 g/mol. The lowest BCUT2D eigenvalue weighted by Gasteiger charge is -2.50. The van der Waals surface area contributed by atoms with Crippen LogP contribution in [-0.2, 0) is 0 Å². The van der Waals surface area contributed by atoms with Crippen LogP contribution in [0.15, 0.2) is 0 Å². The number of rotatable bonds is 2. The predicted molar refractivity (Wildman–Crippen MR) is 56.7 cm³/mol. The number of aliphatic hydroxyl groups is 1. The molecule has 1 rings (SSSR count). The van der Waals surface area contributed by atoms with Gasteiger partial charge in [-0.05, 0) is 24.2 Å². The van der Waals surface area contributed by atoms with Crippen molar-refractivity contribution in [1.82, 2.24) is 0 Å². The van der Waals surface area contributed by atoms with Crippen LogP contribution in [0.2, 0.25) is 0 Å². The fraction of sp³-hybridized carbons (Fsp3) is 1.00. The zero-order chi connectivity index (χ0) is 10.1. The molecule has 78 valence electrons. The van der Waals surface area contributed by atoms with Crippen LogP contribution in [0.4, 0.5) is 0 Å². The molecule has 1 nitrogen and oxygen atoms in total. The Morgan fingerprint density at radius 3 is 2.23 bits per heavy atom. The second kappa shape index (κ2) is 3.61. The van der Waals surface area contributed by atoms with Crippen molar-refractivity contribution in [2.24, 2.45) is 11.3 Å². The predicted octanol–water partition coefficient (Wildman–Crippen LogP) is 3.36. The first-order valence-electron chi connectivity index (χ1n) is 5.66. The molecule has 13 heavy (non-hydrogen) atoms. The summed E-state index contributed by atoms with van der Waals surface area (Å²) < 4.78 is 0. The molecule has 1 fully saturated rings. The minimum Gasteiger partial charge on any atom is -0.389 e. The molecule has 0 heterocycles. The number of hydrogen-bond donors (Lipinski definition) is 1. The Hall–Kier alpha value is -0.0400. The molecule has 1 saturated carbocycles. The van der Waals surface area contributed by atoms with Crippen molar-refractivity contribution in [2.75, 3.05) is 0 Å². The van der Waals surface area contributed by atoms with Gasteiger partial charge in [0.1, 0.15) is 0 Å². The highest BCUT2D eigenvalue weighted by Crippen LogP contribution is 2.48. The van der Waals surface area contributed by atoms with Crippen LogP contribution < -0.4 is 0 Å². The van der Waals surface area contributed by atoms with E-state index in [2.05, 4.69) is 27.7 Å². The minimum absolute atomic E-state index is 0.112. The van der Waals surface area contributed by atoms with Gasteiger partial charge in [-0.25, -0.2) is 0 Å². The van der Waals surface area contributed by atoms with E-state index in [4.69, 9.17) is 0 Å². The van der Waals surface area contributed by atoms with Gasteiger partial charge >= 0.3 is 0 Å². The van der Waals surface area contributed by atoms with E-state index in [1.807, 2.05) is 0 Å². The van der Waals surface area contributed by atoms with Gasteiger partial charge in [-0.15, -0.1) is 0 Å². The molecule has 2 atom stereocenters. The van der Waals surface area contributed by atoms with Crippen LogP contribution >= 0.6 is 0 Å². The quantitative estimate of drug-likeness (QED) is 0.697. The first-order valence-corrected chi connectivity index (χ1v) is 5.66. The highest BCUT2D eigenvalue weighted by Gasteiger charge is 2.47. The summed E-state index contributed by atoms with van der Waals surface area (Å²) in [5.74, 6) is 0.433. The fourth-order valence-corrected chi connectivity index (χ4v) is 2.77. The Balaban J connectivity index is 2.83. The van der Waals surface area contributed by atoms with Crippen LogP contribution in [0, 0.1) is 11.3 Å². The van der Waals surface area contributed by atoms with Gasteiger partial charge in [-0.3, -0.25) is 0 Å². The van der Waals surface area contributed by atoms with E-state index < -0.39 is 5.60 Å². The van der Waals surface area contributed by atoms with Crippen LogP contribution in [-0.4, -0.2) is 10.7 Å². The summed E-state index contributed by atoms with van der Waals surface area (Å²) in [5, 5.41) is 10.7. The van der Waals surface area contributed by atoms with E-state index in [9.17, 15) is 5.11 Å². The van der Waals surface area contributed by atoms with E-state index in [0.717, 1.165) is 12.8 Å². The maximum atomic E-state index is 10.7. The normalized spacial score (nSPS) is 35.8. The van der Waals surface area contributed by atoms with E-state index in [-0.39, 0.29) is 5.41 Å². The molecule has 0 amide bonds. The van der Waals surface area contributed by atoms with Crippen LogP contribution in [0.5, 0.6) is 0 Å². The zero-order valence-electron chi connectivity index (χ0n) is 9.56. The van der Waals surface area contributed by atoms with Gasteiger partial charge in [-0.2, -0.15) is 0 Å². The molecule has 0 aromatic heterocycles. The van der Waals surface area contributed by atoms with Crippen LogP contribution in [0.25, 0.3) is 0 Å². The molecule has 0 aliphatic heterocycles. The molecule has 0 radical (unpaired) electrons. The summed E-state index contributed by atoms with van der Waals surface area (Å²) in [6.07, 6.45) is 5.73. The maximum Gasteiger partial charge on any atom is 0.0723 e. The smallest absolute Gasteiger partial charge is 0.0723 e. The Kier molecular flexibility index (Phi) is 3.06. The molecule has 0 saturated heterocycles. The Morgan fingerprint density at radius 2 is 1.77 bits per heavy atom. The third-order valence-electron chi connectivity index (χ3n) is 4.21. The first-order chi connectivity index (χ1) is 5.94. The van der Waals surface area contributed by atoms with E-state index in [1.54, 1.807) is 0 Å². The first kappa shape index (κ1) is 11.0. The number of hydrogen-bond acceptors (Lipinski definition) is 1. The lowest BCUT2D eigenvalue weighted by molar-refractivity contribution is -0.134. The molecule has 1 aliphatic carbocycles. The largest absolute Gasteiger partial charge is 0.389 e. The van der Waals surface area contributed by atoms with Crippen LogP contribution in [0.1, 0.15) is 59.8 Å². The summed E-state index contributed by atoms with van der Waals surface area (Å²) in [5.41, 5.74) is -0.305. The Morgan fingerprint density at radius 1 is 1.23 bits per heavy atom. The zero-order valence-corrected chi connectivity index (χ0v) is 9.56. The molecule has 1 heteroatoms. The fourth-order valence-electron chi connectivity index (χ4n) is 2.77. The highest BCUT2D eigenvalue weighted by atomic mass is 16.3. The van der Waals surface area contributed by atoms with E-state index in [0.29, 0.717) is 5.92 Å². The average Bonchev–Trinajstić information content (AvgIpc) is 2.08. The molecule has 0 aromatic carbocycles. The second-order valence-corrected chi connectivity index (χ2v) is 5.32. The Labute approximate surface area is 82.5 Å². The van der Waals surface area contributed by atoms with Gasteiger partial charge in [0.25, 0.3) is 0 Å². The molecule has 0 bridgehead atoms. The van der Waals surface area contributed by atoms with Gasteiger partial charge in [0, 0.05) is 0 Å². The molecule has 2 unspecified atom stereocenters. The molecule has 1 N–H and O–H groups in total. The van der Waals surface area contributed by atoms with Crippen molar-refractivity contribution in [3.05, 3.63) is 0 Å². The lowest BCUT2D eigenvalue weighted by atomic mass is 9.60. The van der Waals surface area contributed by atoms with Gasteiger partial charge in [0.15, 0.2) is 0 Å². The monoisotopic (exact) mass is 184 g/mol. The highest BCUT2D eigenvalue weighted by molar-refractivity contribution is 4.98. The standard InChI is InChI=1S/C12H24O/c1-5-10(2)12(13)9-7-6-8-11(12,3)4/h10,13H,5-9H2,1-4H3. The third-order valence-corrected chi connectivity index (χ3v) is 4.21. The van der Waals surface area contributed by atoms with E-state index >= 15 is 0 Å². The molecular formula is C12H24O. The van der Waals surface area contributed by atoms with Gasteiger partial charge in [0.2, 0.25) is 0 Å². The van der Waals surface area contributed by atoms with Gasteiger partial charge < -0.3 is 5.11 Å². The summed E-state index contributed by atoms with van der Waals surface area (Å²) in [6.45, 7) is 8.80. The molecular weight excluding hydrogens is 160 g/mol. The molecule has 1 aliphatic rings. The van der Waals surface area contributed by atoms with Crippen molar-refractivity contribution < 1.29 is 5.11 Å². The van der Waals surface area contributed by atoms with Crippen molar-refractivity contribution in [3.63, 3.8) is 0 Å². The summed E-state index contributed by atoms with van der Waals surface area (Å²) in [7, 11) is 0. The van der Waals surface area contributed by atoms with Crippen molar-refractivity contribution in [1.29, 1.82) is 0 Å². The summed E-state index contributed by atoms with van der Waals surface area (Å²) in [4.78, 5) is 0. The summed E-state index contributed by atoms with van der Waals surface area (Å²) >= 11 is 0. The van der Waals surface area contributed by atoms with Crippen molar-refractivity contribution in [3.8, 4) is 0 Å².